The van der Waals surface area contributed by atoms with Crippen LogP contribution < -0.4 is 0 Å². The molecule has 2 N–H and O–H groups in total. The van der Waals surface area contributed by atoms with Gasteiger partial charge in [-0.2, -0.15) is 0 Å². The third-order valence-electron chi connectivity index (χ3n) is 3.26. The monoisotopic (exact) mass is 232 g/mol. The number of hydrogen-bond donors (Lipinski definition) is 2. The molecule has 0 fully saturated rings. The van der Waals surface area contributed by atoms with Gasteiger partial charge in [0.1, 0.15) is 11.6 Å². The average Bonchev–Trinajstić information content (AvgIpc) is 2.97. The summed E-state index contributed by atoms with van der Waals surface area (Å²) in [6.07, 6.45) is 10.6. The molecular formula is C13H20N4. The first-order chi connectivity index (χ1) is 8.25. The second-order valence-electron chi connectivity index (χ2n) is 4.82. The van der Waals surface area contributed by atoms with E-state index in [1.807, 2.05) is 24.8 Å². The molecule has 2 aromatic heterocycles. The zero-order valence-corrected chi connectivity index (χ0v) is 10.5. The van der Waals surface area contributed by atoms with Crippen LogP contribution in [-0.2, 0) is 12.8 Å². The van der Waals surface area contributed by atoms with Crippen LogP contribution >= 0.6 is 0 Å². The number of aromatic amines is 2. The second kappa shape index (κ2) is 5.66. The van der Waals surface area contributed by atoms with Gasteiger partial charge < -0.3 is 9.97 Å². The Morgan fingerprint density at radius 1 is 1.06 bits per heavy atom. The van der Waals surface area contributed by atoms with Gasteiger partial charge >= 0.3 is 0 Å². The molecule has 4 nitrogen and oxygen atoms in total. The van der Waals surface area contributed by atoms with Crippen LogP contribution in [0.4, 0.5) is 0 Å². The van der Waals surface area contributed by atoms with Crippen LogP contribution in [0.3, 0.4) is 0 Å². The third-order valence-corrected chi connectivity index (χ3v) is 3.26. The summed E-state index contributed by atoms with van der Waals surface area (Å²) in [4.78, 5) is 14.9. The number of H-pyrrole nitrogens is 2. The van der Waals surface area contributed by atoms with Crippen molar-refractivity contribution in [1.29, 1.82) is 0 Å². The molecular weight excluding hydrogens is 212 g/mol. The first-order valence-corrected chi connectivity index (χ1v) is 6.22. The lowest BCUT2D eigenvalue weighted by atomic mass is 9.88. The van der Waals surface area contributed by atoms with E-state index in [0.29, 0.717) is 11.8 Å². The molecule has 0 aliphatic rings. The quantitative estimate of drug-likeness (QED) is 0.804. The van der Waals surface area contributed by atoms with E-state index in [1.54, 1.807) is 0 Å². The van der Waals surface area contributed by atoms with Gasteiger partial charge in [0.15, 0.2) is 0 Å². The van der Waals surface area contributed by atoms with Crippen LogP contribution in [0.15, 0.2) is 24.8 Å². The first-order valence-electron chi connectivity index (χ1n) is 6.22. The van der Waals surface area contributed by atoms with Gasteiger partial charge in [0, 0.05) is 37.6 Å². The number of nitrogens with one attached hydrogen (secondary N) is 2. The van der Waals surface area contributed by atoms with Crippen LogP contribution in [0, 0.1) is 11.8 Å². The maximum atomic E-state index is 4.30. The van der Waals surface area contributed by atoms with Crippen molar-refractivity contribution >= 4 is 0 Å². The Morgan fingerprint density at radius 3 is 2.24 bits per heavy atom. The van der Waals surface area contributed by atoms with E-state index in [1.165, 1.54) is 0 Å². The van der Waals surface area contributed by atoms with Crippen molar-refractivity contribution in [3.8, 4) is 0 Å². The van der Waals surface area contributed by atoms with E-state index in [0.717, 1.165) is 30.9 Å². The van der Waals surface area contributed by atoms with E-state index in [-0.39, 0.29) is 0 Å². The minimum absolute atomic E-state index is 0.645. The number of aryl methyl sites for hydroxylation is 1. The Hall–Kier alpha value is -1.58. The molecule has 2 heterocycles. The van der Waals surface area contributed by atoms with Crippen molar-refractivity contribution in [3.05, 3.63) is 36.4 Å². The smallest absolute Gasteiger partial charge is 0.106 e. The van der Waals surface area contributed by atoms with Crippen LogP contribution in [0.25, 0.3) is 0 Å². The Kier molecular flexibility index (Phi) is 3.96. The summed E-state index contributed by atoms with van der Waals surface area (Å²) in [7, 11) is 0. The zero-order chi connectivity index (χ0) is 12.1. The summed E-state index contributed by atoms with van der Waals surface area (Å²) in [5.41, 5.74) is 0. The lowest BCUT2D eigenvalue weighted by molar-refractivity contribution is 0.350. The van der Waals surface area contributed by atoms with Gasteiger partial charge in [-0.1, -0.05) is 13.8 Å². The second-order valence-corrected chi connectivity index (χ2v) is 4.82. The summed E-state index contributed by atoms with van der Waals surface area (Å²) >= 11 is 0. The molecule has 0 saturated carbocycles. The van der Waals surface area contributed by atoms with E-state index in [2.05, 4.69) is 33.8 Å². The third kappa shape index (κ3) is 3.44. The summed E-state index contributed by atoms with van der Waals surface area (Å²) in [5, 5.41) is 0. The number of imidazole rings is 2. The van der Waals surface area contributed by atoms with Gasteiger partial charge in [-0.05, 0) is 18.3 Å². The van der Waals surface area contributed by atoms with Crippen molar-refractivity contribution < 1.29 is 0 Å². The van der Waals surface area contributed by atoms with E-state index >= 15 is 0 Å². The van der Waals surface area contributed by atoms with Crippen molar-refractivity contribution in [3.63, 3.8) is 0 Å². The summed E-state index contributed by atoms with van der Waals surface area (Å²) < 4.78 is 0. The minimum atomic E-state index is 0.645. The van der Waals surface area contributed by atoms with Gasteiger partial charge in [0.05, 0.1) is 0 Å². The summed E-state index contributed by atoms with van der Waals surface area (Å²) in [6.45, 7) is 4.55. The predicted molar refractivity (Wildman–Crippen MR) is 67.5 cm³/mol. The Balaban J connectivity index is 1.89. The zero-order valence-electron chi connectivity index (χ0n) is 10.5. The highest BCUT2D eigenvalue weighted by Crippen LogP contribution is 2.20. The minimum Gasteiger partial charge on any atom is -0.349 e. The fraction of sp³-hybridized carbons (Fsp3) is 0.538. The van der Waals surface area contributed by atoms with Crippen molar-refractivity contribution in [2.75, 3.05) is 0 Å². The van der Waals surface area contributed by atoms with Crippen molar-refractivity contribution in [2.24, 2.45) is 11.8 Å². The molecule has 1 unspecified atom stereocenters. The molecule has 0 aromatic carbocycles. The maximum absolute atomic E-state index is 4.30. The van der Waals surface area contributed by atoms with Gasteiger partial charge in [-0.3, -0.25) is 0 Å². The predicted octanol–water partition coefficient (Wildman–Crippen LogP) is 2.58. The highest BCUT2D eigenvalue weighted by atomic mass is 14.9. The standard InChI is InChI=1S/C13H20N4/c1-10(2)11(9-13-16-7-8-17-13)3-4-12-14-5-6-15-12/h5-8,10-11H,3-4,9H2,1-2H3,(H,14,15)(H,16,17). The van der Waals surface area contributed by atoms with Crippen LogP contribution in [-0.4, -0.2) is 19.9 Å². The molecule has 1 atom stereocenters. The fourth-order valence-corrected chi connectivity index (χ4v) is 2.09. The Morgan fingerprint density at radius 2 is 1.71 bits per heavy atom. The van der Waals surface area contributed by atoms with Gasteiger partial charge in [-0.25, -0.2) is 9.97 Å². The highest BCUT2D eigenvalue weighted by Gasteiger charge is 2.15. The maximum Gasteiger partial charge on any atom is 0.106 e. The molecule has 92 valence electrons. The highest BCUT2D eigenvalue weighted by molar-refractivity contribution is 4.92. The summed E-state index contributed by atoms with van der Waals surface area (Å²) in [6, 6.07) is 0. The molecule has 0 aliphatic carbocycles. The van der Waals surface area contributed by atoms with Crippen LogP contribution in [0.2, 0.25) is 0 Å². The lowest BCUT2D eigenvalue weighted by Crippen LogP contribution is -2.14. The SMILES string of the molecule is CC(C)C(CCc1ncc[nH]1)Cc1ncc[nH]1. The summed E-state index contributed by atoms with van der Waals surface area (Å²) in [5.74, 6) is 3.47. The molecule has 2 aromatic rings. The number of rotatable bonds is 6. The van der Waals surface area contributed by atoms with E-state index in [9.17, 15) is 0 Å². The topological polar surface area (TPSA) is 57.4 Å². The number of nitrogens with zero attached hydrogens (tertiary/aromatic N) is 2. The van der Waals surface area contributed by atoms with Crippen LogP contribution in [0.5, 0.6) is 0 Å². The molecule has 0 spiro atoms. The van der Waals surface area contributed by atoms with Crippen LogP contribution in [0.1, 0.15) is 31.9 Å². The van der Waals surface area contributed by atoms with Crippen molar-refractivity contribution in [1.82, 2.24) is 19.9 Å². The normalized spacial score (nSPS) is 13.1. The van der Waals surface area contributed by atoms with Crippen molar-refractivity contribution in [2.45, 2.75) is 33.1 Å². The fourth-order valence-electron chi connectivity index (χ4n) is 2.09. The number of hydrogen-bond acceptors (Lipinski definition) is 2. The Labute approximate surface area is 102 Å². The molecule has 0 amide bonds. The molecule has 0 radical (unpaired) electrons. The first kappa shape index (κ1) is 11.9. The van der Waals surface area contributed by atoms with E-state index in [4.69, 9.17) is 0 Å². The van der Waals surface area contributed by atoms with E-state index < -0.39 is 0 Å². The molecule has 0 saturated heterocycles. The number of aromatic nitrogens is 4. The van der Waals surface area contributed by atoms with Gasteiger partial charge in [0.25, 0.3) is 0 Å². The largest absolute Gasteiger partial charge is 0.349 e. The molecule has 0 aliphatic heterocycles. The molecule has 2 rings (SSSR count). The van der Waals surface area contributed by atoms with Gasteiger partial charge in [0.2, 0.25) is 0 Å². The molecule has 4 heteroatoms. The Bertz CT molecular complexity index is 403. The molecule has 17 heavy (non-hydrogen) atoms. The van der Waals surface area contributed by atoms with Gasteiger partial charge in [-0.15, -0.1) is 0 Å². The molecule has 0 bridgehead atoms. The average molecular weight is 232 g/mol. The lowest BCUT2D eigenvalue weighted by Gasteiger charge is -2.19.